The normalized spacial score (nSPS) is 11.2. The number of alkyl halides is 2. The van der Waals surface area contributed by atoms with E-state index >= 15 is 0 Å². The summed E-state index contributed by atoms with van der Waals surface area (Å²) in [6.45, 7) is 1.37. The van der Waals surface area contributed by atoms with E-state index in [9.17, 15) is 8.78 Å². The van der Waals surface area contributed by atoms with Crippen molar-refractivity contribution >= 4 is 11.3 Å². The number of nitrogens with zero attached hydrogens (tertiary/aromatic N) is 3. The number of halogens is 2. The minimum absolute atomic E-state index is 0.0593. The van der Waals surface area contributed by atoms with Crippen LogP contribution in [-0.4, -0.2) is 20.1 Å². The third-order valence-electron chi connectivity index (χ3n) is 2.30. The van der Waals surface area contributed by atoms with Crippen LogP contribution in [0.1, 0.15) is 34.2 Å². The molecule has 0 spiro atoms. The Kier molecular flexibility index (Phi) is 3.93. The second-order valence-corrected chi connectivity index (χ2v) is 4.66. The summed E-state index contributed by atoms with van der Waals surface area (Å²) < 4.78 is 25.4. The standard InChI is InChI=1S/C11H11F2N3OS/c1-6-5-18-9(15-6)2-8-14-3-7(4-17)10(16-8)11(12)13/h3,5,11,17H,2,4H2,1H3. The SMILES string of the molecule is Cc1csc(Cc2ncc(CO)c(C(F)F)n2)n1. The average molecular weight is 271 g/mol. The number of rotatable bonds is 4. The summed E-state index contributed by atoms with van der Waals surface area (Å²) in [4.78, 5) is 12.0. The number of aromatic nitrogens is 3. The van der Waals surface area contributed by atoms with Crippen LogP contribution >= 0.6 is 11.3 Å². The lowest BCUT2D eigenvalue weighted by atomic mass is 10.2. The zero-order chi connectivity index (χ0) is 13.1. The van der Waals surface area contributed by atoms with E-state index in [0.29, 0.717) is 6.42 Å². The van der Waals surface area contributed by atoms with Gasteiger partial charge < -0.3 is 5.11 Å². The summed E-state index contributed by atoms with van der Waals surface area (Å²) in [5, 5.41) is 11.6. The van der Waals surface area contributed by atoms with Crippen molar-refractivity contribution in [2.75, 3.05) is 0 Å². The lowest BCUT2D eigenvalue weighted by Gasteiger charge is -2.06. The van der Waals surface area contributed by atoms with Crippen LogP contribution in [0.5, 0.6) is 0 Å². The highest BCUT2D eigenvalue weighted by Crippen LogP contribution is 2.21. The molecule has 1 N–H and O–H groups in total. The molecule has 2 aromatic rings. The van der Waals surface area contributed by atoms with Crippen molar-refractivity contribution in [1.82, 2.24) is 15.0 Å². The topological polar surface area (TPSA) is 58.9 Å². The molecule has 18 heavy (non-hydrogen) atoms. The Morgan fingerprint density at radius 2 is 2.17 bits per heavy atom. The van der Waals surface area contributed by atoms with E-state index in [1.165, 1.54) is 17.5 Å². The summed E-state index contributed by atoms with van der Waals surface area (Å²) in [5.41, 5.74) is 0.538. The molecule has 0 aliphatic heterocycles. The molecule has 2 heterocycles. The first kappa shape index (κ1) is 13.0. The molecule has 0 amide bonds. The zero-order valence-electron chi connectivity index (χ0n) is 9.60. The summed E-state index contributed by atoms with van der Waals surface area (Å²) in [7, 11) is 0. The molecule has 0 aliphatic rings. The quantitative estimate of drug-likeness (QED) is 0.926. The first-order valence-electron chi connectivity index (χ1n) is 5.25. The minimum Gasteiger partial charge on any atom is -0.392 e. The highest BCUT2D eigenvalue weighted by atomic mass is 32.1. The first-order chi connectivity index (χ1) is 8.60. The molecule has 0 bridgehead atoms. The monoisotopic (exact) mass is 271 g/mol. The van der Waals surface area contributed by atoms with Crippen molar-refractivity contribution in [2.45, 2.75) is 26.4 Å². The minimum atomic E-state index is -2.72. The number of hydrogen-bond acceptors (Lipinski definition) is 5. The molecule has 0 atom stereocenters. The van der Waals surface area contributed by atoms with Gasteiger partial charge in [-0.3, -0.25) is 0 Å². The van der Waals surface area contributed by atoms with E-state index in [2.05, 4.69) is 15.0 Å². The molecule has 0 saturated heterocycles. The van der Waals surface area contributed by atoms with E-state index in [0.717, 1.165) is 10.7 Å². The number of aliphatic hydroxyl groups is 1. The molecule has 96 valence electrons. The summed E-state index contributed by atoms with van der Waals surface area (Å²) in [6.07, 6.45) is -1.15. The van der Waals surface area contributed by atoms with Gasteiger partial charge >= 0.3 is 0 Å². The molecular formula is C11H11F2N3OS. The van der Waals surface area contributed by atoms with Crippen LogP contribution in [0.3, 0.4) is 0 Å². The largest absolute Gasteiger partial charge is 0.392 e. The number of hydrogen-bond donors (Lipinski definition) is 1. The summed E-state index contributed by atoms with van der Waals surface area (Å²) >= 11 is 1.44. The number of thiazole rings is 1. The Morgan fingerprint density at radius 3 is 2.72 bits per heavy atom. The molecule has 0 saturated carbocycles. The van der Waals surface area contributed by atoms with Crippen LogP contribution in [0.25, 0.3) is 0 Å². The third-order valence-corrected chi connectivity index (χ3v) is 3.27. The van der Waals surface area contributed by atoms with Crippen LogP contribution in [0.2, 0.25) is 0 Å². The van der Waals surface area contributed by atoms with E-state index in [4.69, 9.17) is 5.11 Å². The van der Waals surface area contributed by atoms with Crippen molar-refractivity contribution in [3.63, 3.8) is 0 Å². The Morgan fingerprint density at radius 1 is 1.39 bits per heavy atom. The van der Waals surface area contributed by atoms with Gasteiger partial charge in [0.05, 0.1) is 13.0 Å². The Labute approximate surface area is 106 Å². The van der Waals surface area contributed by atoms with Gasteiger partial charge in [-0.25, -0.2) is 23.7 Å². The predicted octanol–water partition coefficient (Wildman–Crippen LogP) is 2.26. The van der Waals surface area contributed by atoms with Crippen LogP contribution in [0, 0.1) is 6.92 Å². The van der Waals surface area contributed by atoms with Gasteiger partial charge in [0.15, 0.2) is 0 Å². The molecule has 0 aliphatic carbocycles. The first-order valence-corrected chi connectivity index (χ1v) is 6.13. The Hall–Kier alpha value is -1.47. The Balaban J connectivity index is 2.26. The van der Waals surface area contributed by atoms with Crippen molar-refractivity contribution in [2.24, 2.45) is 0 Å². The third kappa shape index (κ3) is 2.85. The molecular weight excluding hydrogens is 260 g/mol. The van der Waals surface area contributed by atoms with Gasteiger partial charge in [0.25, 0.3) is 6.43 Å². The van der Waals surface area contributed by atoms with E-state index in [1.54, 1.807) is 0 Å². The molecule has 0 aromatic carbocycles. The van der Waals surface area contributed by atoms with Crippen LogP contribution in [-0.2, 0) is 13.0 Å². The average Bonchev–Trinajstić information content (AvgIpc) is 2.74. The van der Waals surface area contributed by atoms with E-state index in [1.807, 2.05) is 12.3 Å². The van der Waals surface area contributed by atoms with Gasteiger partial charge in [0.2, 0.25) is 0 Å². The summed E-state index contributed by atoms with van der Waals surface area (Å²) in [6, 6.07) is 0. The van der Waals surface area contributed by atoms with Crippen molar-refractivity contribution in [1.29, 1.82) is 0 Å². The van der Waals surface area contributed by atoms with E-state index < -0.39 is 18.7 Å². The van der Waals surface area contributed by atoms with Crippen LogP contribution in [0.4, 0.5) is 8.78 Å². The highest BCUT2D eigenvalue weighted by molar-refractivity contribution is 7.09. The predicted molar refractivity (Wildman–Crippen MR) is 62.6 cm³/mol. The fourth-order valence-corrected chi connectivity index (χ4v) is 2.24. The second-order valence-electron chi connectivity index (χ2n) is 3.71. The van der Waals surface area contributed by atoms with Gasteiger partial charge in [-0.2, -0.15) is 0 Å². The van der Waals surface area contributed by atoms with Gasteiger partial charge in [0.1, 0.15) is 16.5 Å². The number of aliphatic hydroxyl groups excluding tert-OH is 1. The maximum atomic E-state index is 12.7. The fraction of sp³-hybridized carbons (Fsp3) is 0.364. The molecule has 4 nitrogen and oxygen atoms in total. The molecule has 0 fully saturated rings. The van der Waals surface area contributed by atoms with Gasteiger partial charge in [0, 0.05) is 22.8 Å². The van der Waals surface area contributed by atoms with Crippen LogP contribution < -0.4 is 0 Å². The maximum absolute atomic E-state index is 12.7. The van der Waals surface area contributed by atoms with Crippen molar-refractivity contribution in [3.05, 3.63) is 39.4 Å². The smallest absolute Gasteiger partial charge is 0.280 e. The van der Waals surface area contributed by atoms with Crippen LogP contribution in [0.15, 0.2) is 11.6 Å². The molecule has 2 rings (SSSR count). The van der Waals surface area contributed by atoms with Crippen molar-refractivity contribution < 1.29 is 13.9 Å². The fourth-order valence-electron chi connectivity index (χ4n) is 1.47. The lowest BCUT2D eigenvalue weighted by molar-refractivity contribution is 0.141. The molecule has 7 heteroatoms. The van der Waals surface area contributed by atoms with Gasteiger partial charge in [-0.15, -0.1) is 11.3 Å². The summed E-state index contributed by atoms with van der Waals surface area (Å²) in [5.74, 6) is 0.289. The van der Waals surface area contributed by atoms with Gasteiger partial charge in [-0.05, 0) is 6.92 Å². The van der Waals surface area contributed by atoms with Crippen molar-refractivity contribution in [3.8, 4) is 0 Å². The lowest BCUT2D eigenvalue weighted by Crippen LogP contribution is -2.05. The molecule has 2 aromatic heterocycles. The molecule has 0 unspecified atom stereocenters. The zero-order valence-corrected chi connectivity index (χ0v) is 10.4. The van der Waals surface area contributed by atoms with Gasteiger partial charge in [-0.1, -0.05) is 0 Å². The van der Waals surface area contributed by atoms with E-state index in [-0.39, 0.29) is 11.4 Å². The second kappa shape index (κ2) is 5.45. The number of aryl methyl sites for hydroxylation is 1. The maximum Gasteiger partial charge on any atom is 0.280 e. The molecule has 0 radical (unpaired) electrons. The highest BCUT2D eigenvalue weighted by Gasteiger charge is 2.16. The Bertz CT molecular complexity index is 545.